The normalized spacial score (nSPS) is 10.9. The van der Waals surface area contributed by atoms with Gasteiger partial charge in [-0.25, -0.2) is 0 Å². The van der Waals surface area contributed by atoms with Crippen molar-refractivity contribution < 1.29 is 9.32 Å². The zero-order valence-electron chi connectivity index (χ0n) is 13.3. The molecule has 0 radical (unpaired) electrons. The van der Waals surface area contributed by atoms with Gasteiger partial charge in [0.25, 0.3) is 5.91 Å². The number of fused-ring (bicyclic) bond motifs is 1. The van der Waals surface area contributed by atoms with Gasteiger partial charge >= 0.3 is 0 Å². The average Bonchev–Trinajstić information content (AvgIpc) is 3.33. The second kappa shape index (κ2) is 6.86. The van der Waals surface area contributed by atoms with Gasteiger partial charge in [0.2, 0.25) is 0 Å². The van der Waals surface area contributed by atoms with Crippen molar-refractivity contribution in [2.24, 2.45) is 0 Å². The summed E-state index contributed by atoms with van der Waals surface area (Å²) in [7, 11) is 0. The Morgan fingerprint density at radius 2 is 2.04 bits per heavy atom. The molecular formula is C19H15N3O2S. The van der Waals surface area contributed by atoms with Crippen LogP contribution in [0.2, 0.25) is 0 Å². The Morgan fingerprint density at radius 3 is 2.92 bits per heavy atom. The highest BCUT2D eigenvalue weighted by atomic mass is 32.1. The molecule has 25 heavy (non-hydrogen) atoms. The van der Waals surface area contributed by atoms with E-state index in [1.807, 2.05) is 53.9 Å². The molecule has 0 saturated carbocycles. The second-order valence-corrected chi connectivity index (χ2v) is 6.50. The van der Waals surface area contributed by atoms with E-state index in [0.29, 0.717) is 18.7 Å². The lowest BCUT2D eigenvalue weighted by molar-refractivity contribution is 0.0945. The molecule has 4 rings (SSSR count). The summed E-state index contributed by atoms with van der Waals surface area (Å²) in [5, 5.41) is 9.76. The summed E-state index contributed by atoms with van der Waals surface area (Å²) in [6, 6.07) is 17.5. The fourth-order valence-electron chi connectivity index (χ4n) is 2.56. The Balaban J connectivity index is 1.37. The van der Waals surface area contributed by atoms with Gasteiger partial charge in [0.15, 0.2) is 11.5 Å². The van der Waals surface area contributed by atoms with E-state index < -0.39 is 0 Å². The van der Waals surface area contributed by atoms with Crippen molar-refractivity contribution in [3.8, 4) is 10.6 Å². The predicted molar refractivity (Wildman–Crippen MR) is 97.6 cm³/mol. The van der Waals surface area contributed by atoms with Crippen molar-refractivity contribution in [2.75, 3.05) is 6.54 Å². The van der Waals surface area contributed by atoms with Crippen molar-refractivity contribution in [3.63, 3.8) is 0 Å². The van der Waals surface area contributed by atoms with Crippen LogP contribution in [0.15, 0.2) is 64.5 Å². The molecule has 4 aromatic rings. The smallest absolute Gasteiger partial charge is 0.273 e. The molecule has 124 valence electrons. The number of amides is 1. The van der Waals surface area contributed by atoms with Crippen LogP contribution >= 0.6 is 11.3 Å². The quantitative estimate of drug-likeness (QED) is 0.593. The summed E-state index contributed by atoms with van der Waals surface area (Å²) < 4.78 is 5.23. The van der Waals surface area contributed by atoms with E-state index in [-0.39, 0.29) is 11.6 Å². The van der Waals surface area contributed by atoms with E-state index in [0.717, 1.165) is 21.5 Å². The number of thiophene rings is 1. The minimum absolute atomic E-state index is 0.243. The SMILES string of the molecule is O=C(NCCc1ccc2ccccc2n1)c1cc(-c2cccs2)on1. The number of nitrogens with one attached hydrogen (secondary N) is 1. The molecule has 1 amide bonds. The Labute approximate surface area is 148 Å². The summed E-state index contributed by atoms with van der Waals surface area (Å²) in [5.74, 6) is 0.365. The van der Waals surface area contributed by atoms with Crippen LogP contribution < -0.4 is 5.32 Å². The van der Waals surface area contributed by atoms with E-state index in [4.69, 9.17) is 4.52 Å². The van der Waals surface area contributed by atoms with E-state index in [2.05, 4.69) is 15.5 Å². The molecule has 0 aliphatic rings. The number of benzene rings is 1. The number of aromatic nitrogens is 2. The molecule has 0 spiro atoms. The highest BCUT2D eigenvalue weighted by Crippen LogP contribution is 2.25. The predicted octanol–water partition coefficient (Wildman–Crippen LogP) is 3.92. The third kappa shape index (κ3) is 3.44. The molecule has 1 N–H and O–H groups in total. The van der Waals surface area contributed by atoms with Gasteiger partial charge in [0, 0.05) is 30.1 Å². The first-order valence-electron chi connectivity index (χ1n) is 7.93. The molecule has 3 heterocycles. The van der Waals surface area contributed by atoms with E-state index in [1.165, 1.54) is 0 Å². The van der Waals surface area contributed by atoms with Gasteiger partial charge in [0.05, 0.1) is 10.4 Å². The number of carbonyl (C=O) groups excluding carboxylic acids is 1. The standard InChI is InChI=1S/C19H15N3O2S/c23-19(16-12-17(24-22-16)18-6-3-11-25-18)20-10-9-14-8-7-13-4-1-2-5-15(13)21-14/h1-8,11-12H,9-10H2,(H,20,23). The molecule has 0 atom stereocenters. The van der Waals surface area contributed by atoms with Crippen molar-refractivity contribution >= 4 is 28.1 Å². The Kier molecular flexibility index (Phi) is 4.26. The highest BCUT2D eigenvalue weighted by Gasteiger charge is 2.13. The van der Waals surface area contributed by atoms with Crippen LogP contribution in [0.25, 0.3) is 21.5 Å². The first-order chi connectivity index (χ1) is 12.3. The maximum absolute atomic E-state index is 12.2. The molecule has 0 saturated heterocycles. The molecule has 1 aromatic carbocycles. The van der Waals surface area contributed by atoms with Gasteiger partial charge in [0.1, 0.15) is 0 Å². The van der Waals surface area contributed by atoms with Crippen LogP contribution in [0.3, 0.4) is 0 Å². The lowest BCUT2D eigenvalue weighted by Gasteiger charge is -2.04. The highest BCUT2D eigenvalue weighted by molar-refractivity contribution is 7.13. The summed E-state index contributed by atoms with van der Waals surface area (Å²) in [5.41, 5.74) is 2.19. The minimum Gasteiger partial charge on any atom is -0.355 e. The number of nitrogens with zero attached hydrogens (tertiary/aromatic N) is 2. The number of pyridine rings is 1. The molecule has 0 bridgehead atoms. The number of carbonyl (C=O) groups is 1. The first kappa shape index (κ1) is 15.5. The minimum atomic E-state index is -0.243. The molecule has 0 aliphatic heterocycles. The van der Waals surface area contributed by atoms with Crippen molar-refractivity contribution in [3.05, 3.63) is 71.4 Å². The van der Waals surface area contributed by atoms with E-state index in [9.17, 15) is 4.79 Å². The zero-order chi connectivity index (χ0) is 17.1. The Bertz CT molecular complexity index is 1010. The molecular weight excluding hydrogens is 334 g/mol. The van der Waals surface area contributed by atoms with E-state index >= 15 is 0 Å². The van der Waals surface area contributed by atoms with Crippen LogP contribution in [0.5, 0.6) is 0 Å². The van der Waals surface area contributed by atoms with Crippen molar-refractivity contribution in [1.29, 1.82) is 0 Å². The van der Waals surface area contributed by atoms with Gasteiger partial charge in [-0.1, -0.05) is 35.5 Å². The topological polar surface area (TPSA) is 68.0 Å². The van der Waals surface area contributed by atoms with Crippen LogP contribution in [-0.2, 0) is 6.42 Å². The Hall–Kier alpha value is -2.99. The van der Waals surface area contributed by atoms with Crippen LogP contribution in [-0.4, -0.2) is 22.6 Å². The van der Waals surface area contributed by atoms with Gasteiger partial charge in [-0.3, -0.25) is 9.78 Å². The third-order valence-electron chi connectivity index (χ3n) is 3.83. The van der Waals surface area contributed by atoms with Crippen molar-refractivity contribution in [2.45, 2.75) is 6.42 Å². The third-order valence-corrected chi connectivity index (χ3v) is 4.71. The fraction of sp³-hybridized carbons (Fsp3) is 0.105. The van der Waals surface area contributed by atoms with Crippen LogP contribution in [0.1, 0.15) is 16.2 Å². The lowest BCUT2D eigenvalue weighted by atomic mass is 10.2. The van der Waals surface area contributed by atoms with Gasteiger partial charge < -0.3 is 9.84 Å². The monoisotopic (exact) mass is 349 g/mol. The summed E-state index contributed by atoms with van der Waals surface area (Å²) >= 11 is 1.54. The Morgan fingerprint density at radius 1 is 1.12 bits per heavy atom. The number of rotatable bonds is 5. The largest absolute Gasteiger partial charge is 0.355 e. The van der Waals surface area contributed by atoms with Gasteiger partial charge in [-0.05, 0) is 23.6 Å². The molecule has 0 unspecified atom stereocenters. The van der Waals surface area contributed by atoms with Crippen LogP contribution in [0, 0.1) is 0 Å². The number of hydrogen-bond acceptors (Lipinski definition) is 5. The molecule has 5 nitrogen and oxygen atoms in total. The summed E-state index contributed by atoms with van der Waals surface area (Å²) in [6.45, 7) is 0.491. The van der Waals surface area contributed by atoms with Gasteiger partial charge in [-0.15, -0.1) is 11.3 Å². The molecule has 3 aromatic heterocycles. The maximum atomic E-state index is 12.2. The summed E-state index contributed by atoms with van der Waals surface area (Å²) in [4.78, 5) is 17.7. The molecule has 6 heteroatoms. The summed E-state index contributed by atoms with van der Waals surface area (Å²) in [6.07, 6.45) is 0.659. The van der Waals surface area contributed by atoms with E-state index in [1.54, 1.807) is 17.4 Å². The second-order valence-electron chi connectivity index (χ2n) is 5.55. The number of hydrogen-bond donors (Lipinski definition) is 1. The maximum Gasteiger partial charge on any atom is 0.273 e. The zero-order valence-corrected chi connectivity index (χ0v) is 14.1. The first-order valence-corrected chi connectivity index (χ1v) is 8.81. The van der Waals surface area contributed by atoms with Gasteiger partial charge in [-0.2, -0.15) is 0 Å². The molecule has 0 aliphatic carbocycles. The van der Waals surface area contributed by atoms with Crippen LogP contribution in [0.4, 0.5) is 0 Å². The van der Waals surface area contributed by atoms with Crippen molar-refractivity contribution in [1.82, 2.24) is 15.5 Å². The fourth-order valence-corrected chi connectivity index (χ4v) is 3.23. The molecule has 0 fully saturated rings. The average molecular weight is 349 g/mol. The lowest BCUT2D eigenvalue weighted by Crippen LogP contribution is -2.26. The number of para-hydroxylation sites is 1.